The number of nitrogens with two attached hydrogens (primary N) is 1. The van der Waals surface area contributed by atoms with Gasteiger partial charge in [-0.3, -0.25) is 9.59 Å². The van der Waals surface area contributed by atoms with E-state index in [-0.39, 0.29) is 24.2 Å². The number of halogens is 1. The van der Waals surface area contributed by atoms with E-state index >= 15 is 0 Å². The molecule has 0 bridgehead atoms. The van der Waals surface area contributed by atoms with Crippen molar-refractivity contribution >= 4 is 23.2 Å². The Kier molecular flexibility index (Phi) is 5.40. The molecule has 1 aliphatic rings. The zero-order valence-corrected chi connectivity index (χ0v) is 14.5. The number of benzene rings is 1. The summed E-state index contributed by atoms with van der Waals surface area (Å²) in [6.07, 6.45) is 0.637. The summed E-state index contributed by atoms with van der Waals surface area (Å²) in [5.74, 6) is -0.713. The van der Waals surface area contributed by atoms with Crippen molar-refractivity contribution in [2.75, 3.05) is 26.2 Å². The normalized spacial score (nSPS) is 14.9. The van der Waals surface area contributed by atoms with Gasteiger partial charge in [-0.1, -0.05) is 12.1 Å². The van der Waals surface area contributed by atoms with Crippen molar-refractivity contribution in [3.63, 3.8) is 0 Å². The molecule has 1 aromatic heterocycles. The van der Waals surface area contributed by atoms with Crippen LogP contribution in [0.4, 0.5) is 4.39 Å². The van der Waals surface area contributed by atoms with E-state index in [1.54, 1.807) is 22.4 Å². The molecule has 0 saturated carbocycles. The Morgan fingerprint density at radius 1 is 1.36 bits per heavy atom. The molecule has 2 amide bonds. The van der Waals surface area contributed by atoms with Crippen molar-refractivity contribution in [2.45, 2.75) is 13.0 Å². The van der Waals surface area contributed by atoms with Crippen LogP contribution < -0.4 is 5.73 Å². The van der Waals surface area contributed by atoms with Gasteiger partial charge in [0.2, 0.25) is 5.91 Å². The number of carbonyl (C=O) groups is 2. The minimum absolute atomic E-state index is 0.0118. The summed E-state index contributed by atoms with van der Waals surface area (Å²) in [6.45, 7) is 1.69. The van der Waals surface area contributed by atoms with E-state index in [4.69, 9.17) is 5.73 Å². The largest absolute Gasteiger partial charge is 0.335 e. The topological polar surface area (TPSA) is 79.5 Å². The fourth-order valence-electron chi connectivity index (χ4n) is 2.71. The monoisotopic (exact) mass is 362 g/mol. The lowest BCUT2D eigenvalue weighted by atomic mass is 10.2. The molecule has 6 nitrogen and oxygen atoms in total. The molecule has 1 aliphatic heterocycles. The maximum atomic E-state index is 13.3. The van der Waals surface area contributed by atoms with Crippen LogP contribution in [0.3, 0.4) is 0 Å². The number of nitrogens with zero attached hydrogens (tertiary/aromatic N) is 3. The highest BCUT2D eigenvalue weighted by atomic mass is 32.1. The van der Waals surface area contributed by atoms with Crippen LogP contribution in [0.2, 0.25) is 0 Å². The van der Waals surface area contributed by atoms with Gasteiger partial charge in [-0.15, -0.1) is 11.3 Å². The number of hydrogen-bond acceptors (Lipinski definition) is 5. The Hall–Kier alpha value is -2.32. The lowest BCUT2D eigenvalue weighted by Gasteiger charge is -2.34. The highest BCUT2D eigenvalue weighted by Crippen LogP contribution is 2.15. The van der Waals surface area contributed by atoms with E-state index in [9.17, 15) is 14.0 Å². The van der Waals surface area contributed by atoms with Crippen LogP contribution in [0, 0.1) is 5.82 Å². The van der Waals surface area contributed by atoms with E-state index in [0.29, 0.717) is 38.3 Å². The highest BCUT2D eigenvalue weighted by molar-refractivity contribution is 7.09. The zero-order chi connectivity index (χ0) is 17.8. The maximum Gasteiger partial charge on any atom is 0.273 e. The Labute approximate surface area is 149 Å². The summed E-state index contributed by atoms with van der Waals surface area (Å²) in [5, 5.41) is 2.53. The number of aromatic nitrogens is 1. The first-order chi connectivity index (χ1) is 12.1. The lowest BCUT2D eigenvalue weighted by Crippen LogP contribution is -2.51. The van der Waals surface area contributed by atoms with Crippen molar-refractivity contribution in [1.29, 1.82) is 0 Å². The molecule has 0 atom stereocenters. The van der Waals surface area contributed by atoms with Crippen LogP contribution in [0.1, 0.15) is 21.1 Å². The van der Waals surface area contributed by atoms with Gasteiger partial charge in [0.1, 0.15) is 18.1 Å². The Bertz CT molecular complexity index is 780. The van der Waals surface area contributed by atoms with Crippen LogP contribution in [0.15, 0.2) is 29.6 Å². The van der Waals surface area contributed by atoms with Gasteiger partial charge >= 0.3 is 0 Å². The van der Waals surface area contributed by atoms with Crippen molar-refractivity contribution in [2.24, 2.45) is 5.73 Å². The van der Waals surface area contributed by atoms with E-state index < -0.39 is 0 Å². The van der Waals surface area contributed by atoms with Crippen LogP contribution in [0.5, 0.6) is 0 Å². The van der Waals surface area contributed by atoms with Crippen LogP contribution in [-0.4, -0.2) is 52.8 Å². The molecule has 0 radical (unpaired) electrons. The molecule has 0 spiro atoms. The van der Waals surface area contributed by atoms with Gasteiger partial charge in [0.15, 0.2) is 0 Å². The summed E-state index contributed by atoms with van der Waals surface area (Å²) in [4.78, 5) is 32.3. The number of hydrogen-bond donors (Lipinski definition) is 1. The van der Waals surface area contributed by atoms with E-state index in [1.165, 1.54) is 28.4 Å². The molecule has 1 saturated heterocycles. The smallest absolute Gasteiger partial charge is 0.273 e. The molecule has 8 heteroatoms. The van der Waals surface area contributed by atoms with Gasteiger partial charge in [-0.25, -0.2) is 9.37 Å². The second-order valence-corrected chi connectivity index (χ2v) is 6.78. The summed E-state index contributed by atoms with van der Waals surface area (Å²) in [7, 11) is 0. The fraction of sp³-hybridized carbons (Fsp3) is 0.353. The first-order valence-electron chi connectivity index (χ1n) is 8.03. The first-order valence-corrected chi connectivity index (χ1v) is 8.90. The van der Waals surface area contributed by atoms with Crippen LogP contribution >= 0.6 is 11.3 Å². The fourth-order valence-corrected chi connectivity index (χ4v) is 3.50. The van der Waals surface area contributed by atoms with Crippen molar-refractivity contribution < 1.29 is 14.0 Å². The summed E-state index contributed by atoms with van der Waals surface area (Å²) < 4.78 is 13.3. The molecule has 3 rings (SSSR count). The Morgan fingerprint density at radius 2 is 2.20 bits per heavy atom. The molecule has 2 heterocycles. The molecular formula is C17H19FN4O2S. The number of carbonyl (C=O) groups excluding carboxylic acids is 2. The van der Waals surface area contributed by atoms with E-state index in [1.807, 2.05) is 0 Å². The molecule has 25 heavy (non-hydrogen) atoms. The SMILES string of the molecule is NCCc1nc(C(=O)N2CCN(Cc3cccc(F)c3)C(=O)C2)cs1. The number of rotatable bonds is 5. The second kappa shape index (κ2) is 7.71. The summed E-state index contributed by atoms with van der Waals surface area (Å²) >= 11 is 1.40. The molecule has 1 fully saturated rings. The minimum atomic E-state index is -0.324. The molecule has 1 aromatic carbocycles. The van der Waals surface area contributed by atoms with Crippen LogP contribution in [-0.2, 0) is 17.8 Å². The molecule has 2 N–H and O–H groups in total. The quantitative estimate of drug-likeness (QED) is 0.869. The third kappa shape index (κ3) is 4.21. The molecule has 2 aromatic rings. The molecule has 132 valence electrons. The van der Waals surface area contributed by atoms with Crippen molar-refractivity contribution in [3.8, 4) is 0 Å². The molecule has 0 unspecified atom stereocenters. The van der Waals surface area contributed by atoms with Crippen molar-refractivity contribution in [1.82, 2.24) is 14.8 Å². The average Bonchev–Trinajstić information content (AvgIpc) is 3.05. The van der Waals surface area contributed by atoms with Gasteiger partial charge in [0.05, 0.1) is 5.01 Å². The molecule has 0 aliphatic carbocycles. The zero-order valence-electron chi connectivity index (χ0n) is 13.7. The lowest BCUT2D eigenvalue weighted by molar-refractivity contribution is -0.135. The van der Waals surface area contributed by atoms with Gasteiger partial charge in [0.25, 0.3) is 5.91 Å². The first kappa shape index (κ1) is 17.5. The number of piperazine rings is 1. The average molecular weight is 362 g/mol. The summed E-state index contributed by atoms with van der Waals surface area (Å²) in [5.41, 5.74) is 6.59. The predicted octanol–water partition coefficient (Wildman–Crippen LogP) is 1.27. The third-order valence-corrected chi connectivity index (χ3v) is 4.91. The van der Waals surface area contributed by atoms with Crippen molar-refractivity contribution in [3.05, 3.63) is 51.7 Å². The van der Waals surface area contributed by atoms with Gasteiger partial charge in [-0.2, -0.15) is 0 Å². The van der Waals surface area contributed by atoms with E-state index in [2.05, 4.69) is 4.98 Å². The number of amides is 2. The highest BCUT2D eigenvalue weighted by Gasteiger charge is 2.28. The van der Waals surface area contributed by atoms with E-state index in [0.717, 1.165) is 10.6 Å². The predicted molar refractivity (Wildman–Crippen MR) is 92.6 cm³/mol. The van der Waals surface area contributed by atoms with Crippen LogP contribution in [0.25, 0.3) is 0 Å². The minimum Gasteiger partial charge on any atom is -0.335 e. The second-order valence-electron chi connectivity index (χ2n) is 5.84. The number of thiazole rings is 1. The van der Waals surface area contributed by atoms with Gasteiger partial charge in [0, 0.05) is 31.4 Å². The third-order valence-electron chi connectivity index (χ3n) is 4.00. The maximum absolute atomic E-state index is 13.3. The Balaban J connectivity index is 1.60. The standard InChI is InChI=1S/C17H19FN4O2S/c18-13-3-1-2-12(8-13)9-21-6-7-22(10-16(21)23)17(24)14-11-25-15(20-14)4-5-19/h1-3,8,11H,4-7,9-10,19H2. The Morgan fingerprint density at radius 3 is 2.92 bits per heavy atom. The van der Waals surface area contributed by atoms with Gasteiger partial charge in [-0.05, 0) is 24.2 Å². The molecular weight excluding hydrogens is 343 g/mol. The van der Waals surface area contributed by atoms with Gasteiger partial charge < -0.3 is 15.5 Å². The summed E-state index contributed by atoms with van der Waals surface area (Å²) in [6, 6.07) is 6.19.